The number of fused-ring (bicyclic) bond motifs is 1. The molecule has 0 bridgehead atoms. The van der Waals surface area contributed by atoms with E-state index < -0.39 is 5.54 Å². The number of imide groups is 1. The largest absolute Gasteiger partial charge is 0.339 e. The number of nitrogens with one attached hydrogen (secondary N) is 1. The number of thiophene rings is 1. The van der Waals surface area contributed by atoms with Crippen molar-refractivity contribution in [3.8, 4) is 0 Å². The van der Waals surface area contributed by atoms with Crippen LogP contribution in [-0.4, -0.2) is 56.2 Å². The first-order valence-corrected chi connectivity index (χ1v) is 11.6. The average Bonchev–Trinajstić information content (AvgIpc) is 3.41. The van der Waals surface area contributed by atoms with E-state index >= 15 is 0 Å². The maximum absolute atomic E-state index is 13.2. The topological polar surface area (TPSA) is 95.5 Å². The molecule has 0 saturated carbocycles. The van der Waals surface area contributed by atoms with E-state index in [1.165, 1.54) is 4.90 Å². The van der Waals surface area contributed by atoms with Crippen LogP contribution >= 0.6 is 11.3 Å². The van der Waals surface area contributed by atoms with E-state index in [0.717, 1.165) is 11.1 Å². The Labute approximate surface area is 189 Å². The Kier molecular flexibility index (Phi) is 5.13. The number of hydrogen-bond donors (Lipinski definition) is 1. The van der Waals surface area contributed by atoms with Gasteiger partial charge in [-0.1, -0.05) is 0 Å². The highest BCUT2D eigenvalue weighted by Crippen LogP contribution is 2.34. The lowest BCUT2D eigenvalue weighted by Crippen LogP contribution is -2.54. The Balaban J connectivity index is 1.26. The third-order valence-corrected chi connectivity index (χ3v) is 7.27. The van der Waals surface area contributed by atoms with E-state index in [1.54, 1.807) is 41.9 Å². The number of nitrogens with zero attached hydrogens (tertiary/aromatic N) is 4. The van der Waals surface area contributed by atoms with Crippen molar-refractivity contribution < 1.29 is 14.4 Å². The number of rotatable bonds is 4. The van der Waals surface area contributed by atoms with Gasteiger partial charge < -0.3 is 10.2 Å². The van der Waals surface area contributed by atoms with E-state index in [2.05, 4.69) is 15.3 Å². The van der Waals surface area contributed by atoms with Crippen LogP contribution in [0.4, 0.5) is 4.79 Å². The number of benzene rings is 1. The molecule has 5 rings (SSSR count). The molecular formula is C23H23N5O3S. The van der Waals surface area contributed by atoms with Crippen LogP contribution in [0.15, 0.2) is 47.4 Å². The zero-order valence-electron chi connectivity index (χ0n) is 17.7. The van der Waals surface area contributed by atoms with Gasteiger partial charge in [0.2, 0.25) is 0 Å². The van der Waals surface area contributed by atoms with Crippen LogP contribution in [-0.2, 0) is 11.3 Å². The van der Waals surface area contributed by atoms with Crippen molar-refractivity contribution in [1.29, 1.82) is 0 Å². The predicted molar refractivity (Wildman–Crippen MR) is 120 cm³/mol. The summed E-state index contributed by atoms with van der Waals surface area (Å²) in [7, 11) is 0. The van der Waals surface area contributed by atoms with Crippen molar-refractivity contribution in [3.63, 3.8) is 0 Å². The molecule has 0 aliphatic carbocycles. The molecule has 1 unspecified atom stereocenters. The average molecular weight is 450 g/mol. The molecule has 9 heteroatoms. The molecule has 4 amide bonds. The maximum Gasteiger partial charge on any atom is 0.325 e. The van der Waals surface area contributed by atoms with Gasteiger partial charge in [0.25, 0.3) is 11.8 Å². The molecule has 1 atom stereocenters. The molecule has 1 aromatic carbocycles. The molecule has 2 aromatic heterocycles. The first-order valence-electron chi connectivity index (χ1n) is 10.6. The standard InChI is InChI=1S/C23H23N5O3S/c1-23(21(30)28(22(31)26-23)13-15-6-11-32-14-15)17-4-9-27(10-5-17)20(29)16-2-3-18-19(12-16)25-8-7-24-18/h2-3,6-8,11-12,14,17H,4-5,9-10,13H2,1H3,(H,26,31). The monoisotopic (exact) mass is 449 g/mol. The third-order valence-electron chi connectivity index (χ3n) is 6.54. The zero-order chi connectivity index (χ0) is 22.3. The highest BCUT2D eigenvalue weighted by atomic mass is 32.1. The lowest BCUT2D eigenvalue weighted by Gasteiger charge is -2.39. The number of hydrogen-bond acceptors (Lipinski definition) is 6. The van der Waals surface area contributed by atoms with E-state index in [9.17, 15) is 14.4 Å². The minimum Gasteiger partial charge on any atom is -0.339 e. The van der Waals surface area contributed by atoms with Crippen LogP contribution in [0.2, 0.25) is 0 Å². The summed E-state index contributed by atoms with van der Waals surface area (Å²) in [5.74, 6) is -0.272. The Hall–Kier alpha value is -3.33. The summed E-state index contributed by atoms with van der Waals surface area (Å²) in [6.07, 6.45) is 4.53. The fourth-order valence-electron chi connectivity index (χ4n) is 4.64. The number of piperidine rings is 1. The Morgan fingerprint density at radius 1 is 1.16 bits per heavy atom. The number of aromatic nitrogens is 2. The quantitative estimate of drug-likeness (QED) is 0.618. The lowest BCUT2D eigenvalue weighted by molar-refractivity contribution is -0.133. The smallest absolute Gasteiger partial charge is 0.325 e. The SMILES string of the molecule is CC1(C2CCN(C(=O)c3ccc4nccnc4c3)CC2)NC(=O)N(Cc2ccsc2)C1=O. The van der Waals surface area contributed by atoms with Crippen LogP contribution in [0, 0.1) is 5.92 Å². The van der Waals surface area contributed by atoms with E-state index in [-0.39, 0.29) is 30.3 Å². The molecule has 164 valence electrons. The maximum atomic E-state index is 13.2. The fourth-order valence-corrected chi connectivity index (χ4v) is 5.30. The predicted octanol–water partition coefficient (Wildman–Crippen LogP) is 3.05. The highest BCUT2D eigenvalue weighted by Gasteiger charge is 2.52. The van der Waals surface area contributed by atoms with Gasteiger partial charge in [-0.3, -0.25) is 24.5 Å². The minimum atomic E-state index is -0.944. The van der Waals surface area contributed by atoms with Gasteiger partial charge in [-0.25, -0.2) is 4.79 Å². The van der Waals surface area contributed by atoms with Gasteiger partial charge in [-0.05, 0) is 66.3 Å². The fraction of sp³-hybridized carbons (Fsp3) is 0.348. The second kappa shape index (κ2) is 7.98. The molecule has 3 aromatic rings. The van der Waals surface area contributed by atoms with Crippen LogP contribution < -0.4 is 5.32 Å². The molecule has 0 spiro atoms. The van der Waals surface area contributed by atoms with Gasteiger partial charge >= 0.3 is 6.03 Å². The molecule has 1 N–H and O–H groups in total. The van der Waals surface area contributed by atoms with Crippen molar-refractivity contribution in [2.24, 2.45) is 5.92 Å². The van der Waals surface area contributed by atoms with Gasteiger partial charge in [0, 0.05) is 31.0 Å². The van der Waals surface area contributed by atoms with Gasteiger partial charge in [-0.2, -0.15) is 11.3 Å². The molecule has 8 nitrogen and oxygen atoms in total. The number of carbonyl (C=O) groups excluding carboxylic acids is 3. The lowest BCUT2D eigenvalue weighted by atomic mass is 9.78. The molecule has 2 fully saturated rings. The van der Waals surface area contributed by atoms with Crippen LogP contribution in [0.3, 0.4) is 0 Å². The number of likely N-dealkylation sites (tertiary alicyclic amines) is 1. The third kappa shape index (κ3) is 3.52. The van der Waals surface area contributed by atoms with Crippen molar-refractivity contribution in [2.45, 2.75) is 31.8 Å². The first kappa shape index (κ1) is 20.6. The molecule has 2 aliphatic heterocycles. The Morgan fingerprint density at radius 2 is 1.91 bits per heavy atom. The Morgan fingerprint density at radius 3 is 2.62 bits per heavy atom. The van der Waals surface area contributed by atoms with Crippen molar-refractivity contribution >= 4 is 40.2 Å². The summed E-state index contributed by atoms with van der Waals surface area (Å²) in [4.78, 5) is 50.4. The van der Waals surface area contributed by atoms with Crippen molar-refractivity contribution in [1.82, 2.24) is 25.1 Å². The number of amides is 4. The van der Waals surface area contributed by atoms with E-state index in [4.69, 9.17) is 0 Å². The van der Waals surface area contributed by atoms with Gasteiger partial charge in [0.1, 0.15) is 5.54 Å². The summed E-state index contributed by atoms with van der Waals surface area (Å²) in [6, 6.07) is 6.91. The summed E-state index contributed by atoms with van der Waals surface area (Å²) in [5, 5.41) is 6.81. The van der Waals surface area contributed by atoms with Gasteiger partial charge in [0.15, 0.2) is 0 Å². The molecular weight excluding hydrogens is 426 g/mol. The Bertz CT molecular complexity index is 1190. The highest BCUT2D eigenvalue weighted by molar-refractivity contribution is 7.07. The van der Waals surface area contributed by atoms with Crippen LogP contribution in [0.1, 0.15) is 35.7 Å². The molecule has 0 radical (unpaired) electrons. The van der Waals surface area contributed by atoms with Crippen molar-refractivity contribution in [2.75, 3.05) is 13.1 Å². The number of urea groups is 1. The molecule has 2 saturated heterocycles. The second-order valence-corrected chi connectivity index (χ2v) is 9.26. The minimum absolute atomic E-state index is 0.0297. The summed E-state index contributed by atoms with van der Waals surface area (Å²) in [5.41, 5.74) is 2.02. The van der Waals surface area contributed by atoms with Crippen LogP contribution in [0.5, 0.6) is 0 Å². The normalized spacial score (nSPS) is 21.9. The summed E-state index contributed by atoms with van der Waals surface area (Å²) in [6.45, 7) is 3.16. The summed E-state index contributed by atoms with van der Waals surface area (Å²) >= 11 is 1.54. The molecule has 2 aliphatic rings. The molecule has 32 heavy (non-hydrogen) atoms. The van der Waals surface area contributed by atoms with E-state index in [0.29, 0.717) is 37.0 Å². The van der Waals surface area contributed by atoms with Gasteiger partial charge in [0.05, 0.1) is 17.6 Å². The van der Waals surface area contributed by atoms with Crippen molar-refractivity contribution in [3.05, 3.63) is 58.5 Å². The second-order valence-electron chi connectivity index (χ2n) is 8.48. The van der Waals surface area contributed by atoms with E-state index in [1.807, 2.05) is 28.7 Å². The van der Waals surface area contributed by atoms with Gasteiger partial charge in [-0.15, -0.1) is 0 Å². The first-order chi connectivity index (χ1) is 15.5. The zero-order valence-corrected chi connectivity index (χ0v) is 18.5. The molecule has 4 heterocycles. The summed E-state index contributed by atoms with van der Waals surface area (Å²) < 4.78 is 0. The van der Waals surface area contributed by atoms with Crippen LogP contribution in [0.25, 0.3) is 11.0 Å². The number of carbonyl (C=O) groups is 3.